The van der Waals surface area contributed by atoms with E-state index >= 15 is 0 Å². The van der Waals surface area contributed by atoms with Crippen molar-refractivity contribution in [2.24, 2.45) is 11.8 Å². The highest BCUT2D eigenvalue weighted by Gasteiger charge is 2.30. The van der Waals surface area contributed by atoms with Crippen LogP contribution in [0.25, 0.3) is 11.0 Å². The minimum Gasteiger partial charge on any atom is -0.464 e. The molecule has 3 aromatic rings. The maximum absolute atomic E-state index is 13.7. The van der Waals surface area contributed by atoms with Gasteiger partial charge in [-0.25, -0.2) is 4.39 Å². The minimum atomic E-state index is -0.362. The summed E-state index contributed by atoms with van der Waals surface area (Å²) in [5, 5.41) is 0.448. The smallest absolute Gasteiger partial charge is 0.242 e. The molecule has 0 radical (unpaired) electrons. The Morgan fingerprint density at radius 1 is 1.00 bits per heavy atom. The fourth-order valence-electron chi connectivity index (χ4n) is 4.85. The van der Waals surface area contributed by atoms with Gasteiger partial charge in [-0.1, -0.05) is 51.0 Å². The molecule has 0 saturated heterocycles. The first-order valence-electron chi connectivity index (χ1n) is 13.1. The molecule has 0 spiro atoms. The average molecular weight is 507 g/mol. The number of rotatable bonds is 10. The Morgan fingerprint density at radius 2 is 1.70 bits per heavy atom. The lowest BCUT2D eigenvalue weighted by Crippen LogP contribution is -2.45. The molecular formula is C30H35FN2O4. The Balaban J connectivity index is 1.60. The molecule has 37 heavy (non-hydrogen) atoms. The van der Waals surface area contributed by atoms with Gasteiger partial charge in [0.05, 0.1) is 30.3 Å². The average Bonchev–Trinajstić information content (AvgIpc) is 3.43. The van der Waals surface area contributed by atoms with Gasteiger partial charge in [0.1, 0.15) is 11.4 Å². The van der Waals surface area contributed by atoms with Gasteiger partial charge >= 0.3 is 0 Å². The van der Waals surface area contributed by atoms with E-state index in [1.807, 2.05) is 0 Å². The third kappa shape index (κ3) is 6.85. The van der Waals surface area contributed by atoms with Gasteiger partial charge in [0.2, 0.25) is 11.8 Å². The highest BCUT2D eigenvalue weighted by atomic mass is 19.1. The van der Waals surface area contributed by atoms with Crippen LogP contribution in [0.2, 0.25) is 0 Å². The molecule has 6 nitrogen and oxygen atoms in total. The molecule has 7 heteroatoms. The van der Waals surface area contributed by atoms with Crippen molar-refractivity contribution in [2.45, 2.75) is 59.0 Å². The third-order valence-electron chi connectivity index (χ3n) is 7.07. The zero-order valence-corrected chi connectivity index (χ0v) is 21.6. The van der Waals surface area contributed by atoms with Gasteiger partial charge < -0.3 is 14.2 Å². The topological polar surface area (TPSA) is 70.8 Å². The number of halogens is 1. The van der Waals surface area contributed by atoms with Crippen molar-refractivity contribution in [3.63, 3.8) is 0 Å². The van der Waals surface area contributed by atoms with Gasteiger partial charge in [-0.3, -0.25) is 14.4 Å². The summed E-state index contributed by atoms with van der Waals surface area (Å²) < 4.78 is 19.2. The van der Waals surface area contributed by atoms with Gasteiger partial charge in [-0.05, 0) is 55.0 Å². The second kappa shape index (κ2) is 12.2. The van der Waals surface area contributed by atoms with E-state index in [9.17, 15) is 18.8 Å². The van der Waals surface area contributed by atoms with Crippen molar-refractivity contribution in [2.75, 3.05) is 13.1 Å². The molecule has 1 fully saturated rings. The van der Waals surface area contributed by atoms with Crippen LogP contribution in [-0.2, 0) is 22.7 Å². The number of nitrogens with zero attached hydrogens (tertiary/aromatic N) is 2. The van der Waals surface area contributed by atoms with E-state index in [1.54, 1.807) is 46.2 Å². The summed E-state index contributed by atoms with van der Waals surface area (Å²) in [5.74, 6) is -0.214. The first kappa shape index (κ1) is 26.6. The summed E-state index contributed by atoms with van der Waals surface area (Å²) in [4.78, 5) is 43.4. The zero-order chi connectivity index (χ0) is 26.4. The first-order valence-corrected chi connectivity index (χ1v) is 13.1. The van der Waals surface area contributed by atoms with Crippen LogP contribution in [0.4, 0.5) is 4.39 Å². The summed E-state index contributed by atoms with van der Waals surface area (Å²) >= 11 is 0. The van der Waals surface area contributed by atoms with Crippen LogP contribution in [-0.4, -0.2) is 34.7 Å². The molecule has 1 heterocycles. The fraction of sp³-hybridized carbons (Fsp3) is 0.433. The number of fused-ring (bicyclic) bond motifs is 1. The molecular weight excluding hydrogens is 471 g/mol. The lowest BCUT2D eigenvalue weighted by atomic mass is 10.1. The van der Waals surface area contributed by atoms with Gasteiger partial charge in [-0.2, -0.15) is 0 Å². The van der Waals surface area contributed by atoms with Crippen LogP contribution in [0.3, 0.4) is 0 Å². The molecule has 2 aromatic carbocycles. The van der Waals surface area contributed by atoms with Gasteiger partial charge in [0, 0.05) is 19.0 Å². The van der Waals surface area contributed by atoms with Crippen LogP contribution in [0, 0.1) is 17.7 Å². The Kier molecular flexibility index (Phi) is 8.74. The first-order chi connectivity index (χ1) is 17.8. The predicted molar refractivity (Wildman–Crippen MR) is 141 cm³/mol. The van der Waals surface area contributed by atoms with E-state index < -0.39 is 0 Å². The molecule has 0 bridgehead atoms. The second-order valence-electron chi connectivity index (χ2n) is 10.4. The number of carbonyl (C=O) groups excluding carboxylic acids is 2. The van der Waals surface area contributed by atoms with E-state index in [-0.39, 0.29) is 48.6 Å². The van der Waals surface area contributed by atoms with E-state index in [1.165, 1.54) is 18.4 Å². The summed E-state index contributed by atoms with van der Waals surface area (Å²) in [7, 11) is 0. The quantitative estimate of drug-likeness (QED) is 0.363. The van der Waals surface area contributed by atoms with Crippen molar-refractivity contribution in [3.05, 3.63) is 82.0 Å². The predicted octanol–water partition coefficient (Wildman–Crippen LogP) is 5.53. The molecule has 0 aliphatic heterocycles. The van der Waals surface area contributed by atoms with E-state index in [0.717, 1.165) is 37.7 Å². The second-order valence-corrected chi connectivity index (χ2v) is 10.4. The normalized spacial score (nSPS) is 13.8. The number of amides is 2. The molecule has 0 unspecified atom stereocenters. The molecule has 0 atom stereocenters. The molecule has 1 aliphatic carbocycles. The third-order valence-corrected chi connectivity index (χ3v) is 7.07. The SMILES string of the molecule is CC(C)CCN(CC(=O)N(Cc1ccc(F)cc1)Cc1coc2ccccc2c1=O)C(=O)C1CCCC1. The maximum Gasteiger partial charge on any atom is 0.242 e. The van der Waals surface area contributed by atoms with Crippen molar-refractivity contribution in [1.82, 2.24) is 9.80 Å². The number of hydrogen-bond acceptors (Lipinski definition) is 4. The summed E-state index contributed by atoms with van der Waals surface area (Å²) in [6.07, 6.45) is 6.01. The molecule has 0 N–H and O–H groups in total. The van der Waals surface area contributed by atoms with Crippen LogP contribution in [0.5, 0.6) is 0 Å². The summed E-state index contributed by atoms with van der Waals surface area (Å²) in [6, 6.07) is 12.9. The number of carbonyl (C=O) groups is 2. The molecule has 1 aromatic heterocycles. The molecule has 4 rings (SSSR count). The fourth-order valence-corrected chi connectivity index (χ4v) is 4.85. The van der Waals surface area contributed by atoms with Gasteiger partial charge in [0.25, 0.3) is 0 Å². The van der Waals surface area contributed by atoms with Crippen LogP contribution < -0.4 is 5.43 Å². The maximum atomic E-state index is 13.7. The standard InChI is InChI=1S/C30H35FN2O4/c1-21(2)15-16-32(30(36)23-7-3-4-8-23)19-28(34)33(17-22-11-13-25(31)14-12-22)18-24-20-37-27-10-6-5-9-26(27)29(24)35/h5-6,9-14,20-21,23H,3-4,7-8,15-19H2,1-2H3. The highest BCUT2D eigenvalue weighted by molar-refractivity contribution is 5.86. The Labute approximate surface area is 217 Å². The van der Waals surface area contributed by atoms with E-state index in [2.05, 4.69) is 13.8 Å². The van der Waals surface area contributed by atoms with Crippen LogP contribution in [0.15, 0.2) is 64.0 Å². The number of para-hydroxylation sites is 1. The Morgan fingerprint density at radius 3 is 2.41 bits per heavy atom. The van der Waals surface area contributed by atoms with Crippen LogP contribution >= 0.6 is 0 Å². The summed E-state index contributed by atoms with van der Waals surface area (Å²) in [5.41, 5.74) is 1.37. The lowest BCUT2D eigenvalue weighted by molar-refractivity contribution is -0.143. The molecule has 196 valence electrons. The van der Waals surface area contributed by atoms with Gasteiger partial charge in [-0.15, -0.1) is 0 Å². The molecule has 1 aliphatic rings. The molecule has 2 amide bonds. The van der Waals surface area contributed by atoms with E-state index in [0.29, 0.717) is 29.0 Å². The van der Waals surface area contributed by atoms with E-state index in [4.69, 9.17) is 4.42 Å². The van der Waals surface area contributed by atoms with Crippen molar-refractivity contribution in [3.8, 4) is 0 Å². The minimum absolute atomic E-state index is 0.0268. The Bertz CT molecular complexity index is 1280. The van der Waals surface area contributed by atoms with Crippen molar-refractivity contribution < 1.29 is 18.4 Å². The van der Waals surface area contributed by atoms with Gasteiger partial charge in [0.15, 0.2) is 5.43 Å². The van der Waals surface area contributed by atoms with Crippen molar-refractivity contribution >= 4 is 22.8 Å². The van der Waals surface area contributed by atoms with Crippen molar-refractivity contribution in [1.29, 1.82) is 0 Å². The largest absolute Gasteiger partial charge is 0.464 e. The summed E-state index contributed by atoms with van der Waals surface area (Å²) in [6.45, 7) is 4.86. The lowest BCUT2D eigenvalue weighted by Gasteiger charge is -2.30. The zero-order valence-electron chi connectivity index (χ0n) is 21.6. The number of benzene rings is 2. The number of hydrogen-bond donors (Lipinski definition) is 0. The highest BCUT2D eigenvalue weighted by Crippen LogP contribution is 2.27. The molecule has 1 saturated carbocycles. The van der Waals surface area contributed by atoms with Crippen LogP contribution in [0.1, 0.15) is 57.1 Å². The Hall–Kier alpha value is -3.48. The monoisotopic (exact) mass is 506 g/mol.